The Bertz CT molecular complexity index is 849. The SMILES string of the molecule is O=C(Cn1cc[n+](Cc2ccccc2)c1)N[C@H](CO)C(O)c1ccccc1. The fraction of sp³-hybridized carbons (Fsp3) is 0.238. The minimum absolute atomic E-state index is 0.111. The second-order valence-electron chi connectivity index (χ2n) is 6.46. The monoisotopic (exact) mass is 366 g/mol. The molecule has 140 valence electrons. The average molecular weight is 366 g/mol. The maximum Gasteiger partial charge on any atom is 0.262 e. The quantitative estimate of drug-likeness (QED) is 0.521. The molecule has 1 heterocycles. The summed E-state index contributed by atoms with van der Waals surface area (Å²) in [5.41, 5.74) is 1.83. The average Bonchev–Trinajstić information content (AvgIpc) is 3.13. The molecule has 3 rings (SSSR count). The van der Waals surface area contributed by atoms with Crippen LogP contribution >= 0.6 is 0 Å². The topological polar surface area (TPSA) is 78.4 Å². The number of aromatic nitrogens is 2. The van der Waals surface area contributed by atoms with Gasteiger partial charge >= 0.3 is 0 Å². The molecule has 6 heteroatoms. The molecule has 1 unspecified atom stereocenters. The van der Waals surface area contributed by atoms with Gasteiger partial charge in [0.25, 0.3) is 5.91 Å². The van der Waals surface area contributed by atoms with Gasteiger partial charge in [-0.25, -0.2) is 9.13 Å². The highest BCUT2D eigenvalue weighted by molar-refractivity contribution is 5.76. The van der Waals surface area contributed by atoms with Crippen molar-refractivity contribution in [3.8, 4) is 0 Å². The third-order valence-electron chi connectivity index (χ3n) is 4.35. The van der Waals surface area contributed by atoms with Crippen LogP contribution in [0.15, 0.2) is 79.4 Å². The summed E-state index contributed by atoms with van der Waals surface area (Å²) in [6, 6.07) is 18.3. The van der Waals surface area contributed by atoms with E-state index in [0.29, 0.717) is 5.56 Å². The van der Waals surface area contributed by atoms with E-state index in [1.807, 2.05) is 59.7 Å². The Labute approximate surface area is 158 Å². The van der Waals surface area contributed by atoms with Crippen LogP contribution in [0.4, 0.5) is 0 Å². The molecule has 6 nitrogen and oxygen atoms in total. The summed E-state index contributed by atoms with van der Waals surface area (Å²) in [5.74, 6) is -0.272. The van der Waals surface area contributed by atoms with Gasteiger partial charge in [-0.15, -0.1) is 0 Å². The molecule has 3 N–H and O–H groups in total. The van der Waals surface area contributed by atoms with Gasteiger partial charge in [-0.2, -0.15) is 0 Å². The van der Waals surface area contributed by atoms with Crippen LogP contribution in [-0.4, -0.2) is 33.3 Å². The normalized spacial score (nSPS) is 13.1. The van der Waals surface area contributed by atoms with Gasteiger partial charge in [0.05, 0.1) is 12.6 Å². The number of carbonyl (C=O) groups is 1. The zero-order valence-electron chi connectivity index (χ0n) is 15.0. The van der Waals surface area contributed by atoms with Crippen molar-refractivity contribution in [1.82, 2.24) is 9.88 Å². The van der Waals surface area contributed by atoms with E-state index in [0.717, 1.165) is 6.54 Å². The first-order valence-electron chi connectivity index (χ1n) is 8.87. The van der Waals surface area contributed by atoms with Gasteiger partial charge in [0.15, 0.2) is 6.54 Å². The van der Waals surface area contributed by atoms with Gasteiger partial charge < -0.3 is 15.5 Å². The van der Waals surface area contributed by atoms with Crippen LogP contribution in [0.3, 0.4) is 0 Å². The second kappa shape index (κ2) is 9.12. The smallest absolute Gasteiger partial charge is 0.262 e. The van der Waals surface area contributed by atoms with E-state index < -0.39 is 12.1 Å². The van der Waals surface area contributed by atoms with Gasteiger partial charge in [-0.1, -0.05) is 60.7 Å². The number of rotatable bonds is 8. The fourth-order valence-electron chi connectivity index (χ4n) is 2.95. The van der Waals surface area contributed by atoms with E-state index in [1.165, 1.54) is 5.56 Å². The van der Waals surface area contributed by atoms with Crippen LogP contribution in [0.2, 0.25) is 0 Å². The lowest BCUT2D eigenvalue weighted by atomic mass is 10.0. The minimum atomic E-state index is -0.965. The largest absolute Gasteiger partial charge is 0.394 e. The van der Waals surface area contributed by atoms with Crippen molar-refractivity contribution in [2.24, 2.45) is 0 Å². The van der Waals surface area contributed by atoms with Crippen LogP contribution in [0.1, 0.15) is 17.2 Å². The fourth-order valence-corrected chi connectivity index (χ4v) is 2.95. The standard InChI is InChI=1S/C21H23N3O3/c25-15-19(21(27)18-9-5-2-6-10-18)22-20(26)14-24-12-11-23(16-24)13-17-7-3-1-4-8-17/h1-12,16,19,21,25,27H,13-15H2/p+1/t19-,21?/m1/s1. The Morgan fingerprint density at radius 1 is 1.07 bits per heavy atom. The molecule has 3 aromatic rings. The Morgan fingerprint density at radius 3 is 2.41 bits per heavy atom. The number of nitrogens with one attached hydrogen (secondary N) is 1. The van der Waals surface area contributed by atoms with Gasteiger partial charge in [-0.3, -0.25) is 4.79 Å². The van der Waals surface area contributed by atoms with Crippen molar-refractivity contribution in [1.29, 1.82) is 0 Å². The first-order chi connectivity index (χ1) is 13.2. The summed E-state index contributed by atoms with van der Waals surface area (Å²) in [4.78, 5) is 12.3. The lowest BCUT2D eigenvalue weighted by Crippen LogP contribution is -2.43. The molecule has 0 spiro atoms. The highest BCUT2D eigenvalue weighted by atomic mass is 16.3. The van der Waals surface area contributed by atoms with E-state index in [1.54, 1.807) is 28.8 Å². The molecular formula is C21H24N3O3+. The van der Waals surface area contributed by atoms with E-state index in [-0.39, 0.29) is 19.1 Å². The zero-order chi connectivity index (χ0) is 19.1. The number of nitrogens with zero attached hydrogens (tertiary/aromatic N) is 2. The second-order valence-corrected chi connectivity index (χ2v) is 6.46. The predicted octanol–water partition coefficient (Wildman–Crippen LogP) is 1.03. The van der Waals surface area contributed by atoms with Crippen LogP contribution in [0, 0.1) is 0 Å². The predicted molar refractivity (Wildman–Crippen MR) is 101 cm³/mol. The lowest BCUT2D eigenvalue weighted by molar-refractivity contribution is -0.687. The van der Waals surface area contributed by atoms with Crippen LogP contribution in [0.5, 0.6) is 0 Å². The van der Waals surface area contributed by atoms with Crippen LogP contribution in [0.25, 0.3) is 0 Å². The molecule has 0 aliphatic heterocycles. The Morgan fingerprint density at radius 2 is 1.74 bits per heavy atom. The number of carbonyl (C=O) groups excluding carboxylic acids is 1. The molecule has 0 aliphatic rings. The molecule has 0 radical (unpaired) electrons. The molecule has 2 aromatic carbocycles. The lowest BCUT2D eigenvalue weighted by Gasteiger charge is -2.22. The van der Waals surface area contributed by atoms with E-state index in [9.17, 15) is 15.0 Å². The van der Waals surface area contributed by atoms with Crippen molar-refractivity contribution in [2.75, 3.05) is 6.61 Å². The molecule has 0 saturated carbocycles. The Kier molecular flexibility index (Phi) is 6.35. The summed E-state index contributed by atoms with van der Waals surface area (Å²) in [7, 11) is 0. The van der Waals surface area contributed by atoms with Gasteiger partial charge in [0.2, 0.25) is 6.33 Å². The summed E-state index contributed by atoms with van der Waals surface area (Å²) in [6.07, 6.45) is 4.62. The highest BCUT2D eigenvalue weighted by Gasteiger charge is 2.23. The summed E-state index contributed by atoms with van der Waals surface area (Å²) in [6.45, 7) is 0.489. The molecule has 0 fully saturated rings. The molecule has 0 bridgehead atoms. The summed E-state index contributed by atoms with van der Waals surface area (Å²) < 4.78 is 3.76. The minimum Gasteiger partial charge on any atom is -0.394 e. The molecule has 2 atom stereocenters. The van der Waals surface area contributed by atoms with Crippen molar-refractivity contribution in [3.63, 3.8) is 0 Å². The number of amides is 1. The molecule has 0 aliphatic carbocycles. The maximum absolute atomic E-state index is 12.3. The van der Waals surface area contributed by atoms with Gasteiger partial charge in [-0.05, 0) is 11.1 Å². The third kappa shape index (κ3) is 5.26. The third-order valence-corrected chi connectivity index (χ3v) is 4.35. The summed E-state index contributed by atoms with van der Waals surface area (Å²) >= 11 is 0. The molecule has 27 heavy (non-hydrogen) atoms. The number of hydrogen-bond donors (Lipinski definition) is 3. The van der Waals surface area contributed by atoms with Crippen LogP contribution < -0.4 is 9.88 Å². The van der Waals surface area contributed by atoms with Crippen molar-refractivity contribution >= 4 is 5.91 Å². The molecular weight excluding hydrogens is 342 g/mol. The molecule has 1 amide bonds. The van der Waals surface area contributed by atoms with E-state index in [4.69, 9.17) is 0 Å². The first-order valence-corrected chi connectivity index (χ1v) is 8.87. The van der Waals surface area contributed by atoms with Gasteiger partial charge in [0.1, 0.15) is 25.0 Å². The van der Waals surface area contributed by atoms with Crippen LogP contribution in [-0.2, 0) is 17.9 Å². The van der Waals surface area contributed by atoms with E-state index in [2.05, 4.69) is 5.32 Å². The number of aliphatic hydroxyl groups excluding tert-OH is 2. The van der Waals surface area contributed by atoms with Crippen molar-refractivity contribution < 1.29 is 19.6 Å². The number of hydrogen-bond acceptors (Lipinski definition) is 3. The molecule has 1 aromatic heterocycles. The Hall–Kier alpha value is -2.96. The highest BCUT2D eigenvalue weighted by Crippen LogP contribution is 2.16. The zero-order valence-corrected chi connectivity index (χ0v) is 15.0. The number of benzene rings is 2. The Balaban J connectivity index is 1.57. The number of aliphatic hydroxyl groups is 2. The maximum atomic E-state index is 12.3. The van der Waals surface area contributed by atoms with Crippen molar-refractivity contribution in [2.45, 2.75) is 25.2 Å². The number of imidazole rings is 1. The first kappa shape index (κ1) is 18.8. The van der Waals surface area contributed by atoms with Crippen molar-refractivity contribution in [3.05, 3.63) is 90.5 Å². The molecule has 0 saturated heterocycles. The van der Waals surface area contributed by atoms with Gasteiger partial charge in [0, 0.05) is 0 Å². The van der Waals surface area contributed by atoms with E-state index >= 15 is 0 Å². The summed E-state index contributed by atoms with van der Waals surface area (Å²) in [5, 5.41) is 22.6.